The normalized spacial score (nSPS) is 11.7. The van der Waals surface area contributed by atoms with E-state index in [0.29, 0.717) is 0 Å². The molecule has 0 aromatic heterocycles. The zero-order valence-electron chi connectivity index (χ0n) is 10.5. The fourth-order valence-corrected chi connectivity index (χ4v) is 1.62. The fraction of sp³-hybridized carbons (Fsp3) is 0.385. The first-order valence-electron chi connectivity index (χ1n) is 5.83. The van der Waals surface area contributed by atoms with Crippen molar-refractivity contribution in [3.05, 3.63) is 35.6 Å². The van der Waals surface area contributed by atoms with E-state index in [1.807, 2.05) is 0 Å². The predicted octanol–water partition coefficient (Wildman–Crippen LogP) is 2.50. The van der Waals surface area contributed by atoms with Crippen LogP contribution in [0.1, 0.15) is 23.7 Å². The molecule has 0 amide bonds. The monoisotopic (exact) mass is 249 g/mol. The molecule has 3 nitrogen and oxygen atoms in total. The van der Waals surface area contributed by atoms with Crippen LogP contribution in [0.25, 0.3) is 0 Å². The molecule has 0 aliphatic rings. The Labute approximate surface area is 107 Å². The summed E-state index contributed by atoms with van der Waals surface area (Å²) >= 11 is 0. The molecule has 1 radical (unpaired) electrons. The lowest BCUT2D eigenvalue weighted by Gasteiger charge is -2.12. The van der Waals surface area contributed by atoms with Gasteiger partial charge in [-0.15, -0.1) is 0 Å². The third kappa shape index (κ3) is 3.98. The van der Waals surface area contributed by atoms with Crippen molar-refractivity contribution in [2.75, 3.05) is 6.61 Å². The molecule has 18 heavy (non-hydrogen) atoms. The highest BCUT2D eigenvalue weighted by molar-refractivity contribution is 6.45. The summed E-state index contributed by atoms with van der Waals surface area (Å²) in [5.74, 6) is -1.74. The van der Waals surface area contributed by atoms with Gasteiger partial charge in [0.1, 0.15) is 13.1 Å². The Balaban J connectivity index is 2.76. The number of benzene rings is 1. The average Bonchev–Trinajstić information content (AvgIpc) is 2.35. The van der Waals surface area contributed by atoms with E-state index in [4.69, 9.17) is 4.74 Å². The van der Waals surface area contributed by atoms with E-state index < -0.39 is 17.6 Å². The lowest BCUT2D eigenvalue weighted by molar-refractivity contribution is -0.143. The second-order valence-corrected chi connectivity index (χ2v) is 3.82. The van der Waals surface area contributed by atoms with Gasteiger partial charge in [0.15, 0.2) is 5.78 Å². The SMILES string of the molecule is C[B]C(CC(=O)OCC)C(=O)c1cccc(F)c1. The van der Waals surface area contributed by atoms with Gasteiger partial charge in [0.25, 0.3) is 0 Å². The first-order chi connectivity index (χ1) is 8.58. The van der Waals surface area contributed by atoms with Crippen LogP contribution in [0.4, 0.5) is 4.39 Å². The second kappa shape index (κ2) is 6.94. The average molecular weight is 249 g/mol. The molecule has 0 fully saturated rings. The summed E-state index contributed by atoms with van der Waals surface area (Å²) in [4.78, 5) is 23.4. The van der Waals surface area contributed by atoms with Crippen LogP contribution in [0, 0.1) is 5.82 Å². The van der Waals surface area contributed by atoms with Gasteiger partial charge in [-0.3, -0.25) is 9.59 Å². The number of hydrogen-bond acceptors (Lipinski definition) is 3. The van der Waals surface area contributed by atoms with Crippen LogP contribution in [0.3, 0.4) is 0 Å². The Kier molecular flexibility index (Phi) is 5.56. The van der Waals surface area contributed by atoms with Crippen molar-refractivity contribution in [1.82, 2.24) is 0 Å². The van der Waals surface area contributed by atoms with E-state index in [9.17, 15) is 14.0 Å². The molecule has 1 rings (SSSR count). The third-order valence-corrected chi connectivity index (χ3v) is 2.54. The number of Topliss-reactive ketones (excluding diaryl/α,β-unsaturated/α-hetero) is 1. The topological polar surface area (TPSA) is 43.4 Å². The molecule has 5 heteroatoms. The molecule has 1 aromatic carbocycles. The maximum absolute atomic E-state index is 13.0. The van der Waals surface area contributed by atoms with Crippen LogP contribution in [0.2, 0.25) is 12.6 Å². The van der Waals surface area contributed by atoms with Gasteiger partial charge >= 0.3 is 5.97 Å². The number of ketones is 1. The van der Waals surface area contributed by atoms with Crippen molar-refractivity contribution in [2.24, 2.45) is 0 Å². The maximum Gasteiger partial charge on any atom is 0.305 e. The van der Waals surface area contributed by atoms with Gasteiger partial charge in [-0.2, -0.15) is 0 Å². The van der Waals surface area contributed by atoms with Crippen molar-refractivity contribution in [3.8, 4) is 0 Å². The minimum absolute atomic E-state index is 0.0142. The minimum atomic E-state index is -0.578. The Hall–Kier alpha value is -1.65. The number of rotatable bonds is 6. The first kappa shape index (κ1) is 14.4. The molecular weight excluding hydrogens is 234 g/mol. The zero-order chi connectivity index (χ0) is 13.5. The van der Waals surface area contributed by atoms with E-state index in [-0.39, 0.29) is 24.4 Å². The van der Waals surface area contributed by atoms with Crippen LogP contribution in [-0.4, -0.2) is 25.6 Å². The van der Waals surface area contributed by atoms with Gasteiger partial charge in [0, 0.05) is 17.8 Å². The maximum atomic E-state index is 13.0. The molecule has 0 N–H and O–H groups in total. The van der Waals surface area contributed by atoms with Crippen molar-refractivity contribution < 1.29 is 18.7 Å². The summed E-state index contributed by atoms with van der Waals surface area (Å²) in [5.41, 5.74) is 0.266. The van der Waals surface area contributed by atoms with Crippen molar-refractivity contribution in [2.45, 2.75) is 26.0 Å². The molecule has 0 heterocycles. The largest absolute Gasteiger partial charge is 0.466 e. The molecule has 0 bridgehead atoms. The number of carbonyl (C=O) groups is 2. The molecule has 95 valence electrons. The van der Waals surface area contributed by atoms with E-state index in [2.05, 4.69) is 0 Å². The molecule has 1 atom stereocenters. The summed E-state index contributed by atoms with van der Waals surface area (Å²) in [6.07, 6.45) is -0.0142. The van der Waals surface area contributed by atoms with Crippen LogP contribution >= 0.6 is 0 Å². The van der Waals surface area contributed by atoms with Crippen LogP contribution in [0.15, 0.2) is 24.3 Å². The summed E-state index contributed by atoms with van der Waals surface area (Å²) in [6, 6.07) is 5.45. The quantitative estimate of drug-likeness (QED) is 0.442. The fourth-order valence-electron chi connectivity index (χ4n) is 1.62. The van der Waals surface area contributed by atoms with Gasteiger partial charge in [-0.1, -0.05) is 19.0 Å². The van der Waals surface area contributed by atoms with E-state index in [1.54, 1.807) is 21.0 Å². The smallest absolute Gasteiger partial charge is 0.305 e. The Bertz CT molecular complexity index is 434. The summed E-state index contributed by atoms with van der Waals surface area (Å²) < 4.78 is 17.8. The molecule has 0 aliphatic carbocycles. The highest BCUT2D eigenvalue weighted by Gasteiger charge is 2.22. The van der Waals surface area contributed by atoms with E-state index in [1.165, 1.54) is 24.3 Å². The molecule has 0 aliphatic heterocycles. The third-order valence-electron chi connectivity index (χ3n) is 2.54. The standard InChI is InChI=1S/C13H15BFO3/c1-3-18-12(16)8-11(14-2)13(17)9-5-4-6-10(15)7-9/h4-7,11H,3,8H2,1-2H3. The van der Waals surface area contributed by atoms with Crippen molar-refractivity contribution in [1.29, 1.82) is 0 Å². The number of carbonyl (C=O) groups excluding carboxylic acids is 2. The van der Waals surface area contributed by atoms with Gasteiger partial charge in [-0.25, -0.2) is 4.39 Å². The van der Waals surface area contributed by atoms with Crippen LogP contribution in [-0.2, 0) is 9.53 Å². The Morgan fingerprint density at radius 1 is 1.44 bits per heavy atom. The van der Waals surface area contributed by atoms with Crippen molar-refractivity contribution in [3.63, 3.8) is 0 Å². The molecule has 0 saturated carbocycles. The first-order valence-corrected chi connectivity index (χ1v) is 5.83. The zero-order valence-corrected chi connectivity index (χ0v) is 10.5. The Morgan fingerprint density at radius 3 is 2.72 bits per heavy atom. The molecule has 1 aromatic rings. The van der Waals surface area contributed by atoms with Crippen LogP contribution in [0.5, 0.6) is 0 Å². The molecule has 0 saturated heterocycles. The van der Waals surface area contributed by atoms with Crippen molar-refractivity contribution >= 4 is 19.0 Å². The van der Waals surface area contributed by atoms with Crippen LogP contribution < -0.4 is 0 Å². The van der Waals surface area contributed by atoms with Gasteiger partial charge in [-0.05, 0) is 19.1 Å². The summed E-state index contributed by atoms with van der Waals surface area (Å²) in [7, 11) is 1.63. The van der Waals surface area contributed by atoms with Gasteiger partial charge in [0.2, 0.25) is 0 Å². The lowest BCUT2D eigenvalue weighted by atomic mass is 9.62. The summed E-state index contributed by atoms with van der Waals surface area (Å²) in [5, 5.41) is 0. The van der Waals surface area contributed by atoms with Gasteiger partial charge < -0.3 is 4.74 Å². The number of ether oxygens (including phenoxy) is 1. The molecule has 1 unspecified atom stereocenters. The number of hydrogen-bond donors (Lipinski definition) is 0. The van der Waals surface area contributed by atoms with Gasteiger partial charge in [0.05, 0.1) is 6.61 Å². The molecule has 0 spiro atoms. The number of halogens is 1. The predicted molar refractivity (Wildman–Crippen MR) is 67.3 cm³/mol. The highest BCUT2D eigenvalue weighted by Crippen LogP contribution is 2.18. The summed E-state index contributed by atoms with van der Waals surface area (Å²) in [6.45, 7) is 3.68. The Morgan fingerprint density at radius 2 is 2.17 bits per heavy atom. The van der Waals surface area contributed by atoms with E-state index in [0.717, 1.165) is 0 Å². The lowest BCUT2D eigenvalue weighted by Crippen LogP contribution is -2.19. The minimum Gasteiger partial charge on any atom is -0.466 e. The van der Waals surface area contributed by atoms with E-state index >= 15 is 0 Å². The molecular formula is C13H15BFO3. The second-order valence-electron chi connectivity index (χ2n) is 3.82. The highest BCUT2D eigenvalue weighted by atomic mass is 19.1. The number of esters is 1.